The summed E-state index contributed by atoms with van der Waals surface area (Å²) >= 11 is 0. The predicted octanol–water partition coefficient (Wildman–Crippen LogP) is 1.52. The number of ether oxygens (including phenoxy) is 1. The summed E-state index contributed by atoms with van der Waals surface area (Å²) in [6, 6.07) is 0. The zero-order chi connectivity index (χ0) is 11.7. The fourth-order valence-electron chi connectivity index (χ4n) is 0. The van der Waals surface area contributed by atoms with Gasteiger partial charge in [0.15, 0.2) is 0 Å². The number of nitrogens with two attached hydrogens (primary N) is 2. The molecule has 0 atom stereocenters. The molecular weight excluding hydrogens is 194 g/mol. The molecule has 5 N–H and O–H groups in total. The fourth-order valence-corrected chi connectivity index (χ4v) is 0. The maximum absolute atomic E-state index is 9.58. The van der Waals surface area contributed by atoms with Crippen LogP contribution in [0.2, 0.25) is 0 Å². The van der Waals surface area contributed by atoms with Crippen LogP contribution in [0.5, 0.6) is 0 Å². The van der Waals surface area contributed by atoms with Crippen molar-refractivity contribution in [3.05, 3.63) is 0 Å². The van der Waals surface area contributed by atoms with Gasteiger partial charge in [-0.3, -0.25) is 10.2 Å². The van der Waals surface area contributed by atoms with E-state index in [2.05, 4.69) is 10.6 Å². The van der Waals surface area contributed by atoms with Crippen molar-refractivity contribution in [2.75, 3.05) is 20.8 Å². The molecule has 0 aliphatic carbocycles. The maximum Gasteiger partial charge on any atom is 0.230 e. The van der Waals surface area contributed by atoms with Crippen LogP contribution >= 0.6 is 0 Å². The summed E-state index contributed by atoms with van der Waals surface area (Å²) in [6.45, 7) is 8.00. The highest BCUT2D eigenvalue weighted by Crippen LogP contribution is 1.41. The smallest absolute Gasteiger partial charge is 0.230 e. The largest absolute Gasteiger partial charge is 0.388 e. The van der Waals surface area contributed by atoms with Gasteiger partial charge in [0.05, 0.1) is 0 Å². The average molecular weight is 227 g/mol. The SMILES string of the molecule is C.C.CC.CC(=O)NN.CCN.COC. The van der Waals surface area contributed by atoms with Crippen LogP contribution in [-0.4, -0.2) is 26.7 Å². The van der Waals surface area contributed by atoms with Crippen molar-refractivity contribution in [1.29, 1.82) is 0 Å². The van der Waals surface area contributed by atoms with Crippen LogP contribution in [0.25, 0.3) is 0 Å². The molecule has 0 aromatic carbocycles. The van der Waals surface area contributed by atoms with Gasteiger partial charge in [-0.1, -0.05) is 35.6 Å². The zero-order valence-electron chi connectivity index (χ0n) is 9.68. The first-order chi connectivity index (χ1) is 6.10. The molecule has 0 spiro atoms. The number of amides is 1. The topological polar surface area (TPSA) is 90.4 Å². The lowest BCUT2D eigenvalue weighted by molar-refractivity contribution is -0.119. The summed E-state index contributed by atoms with van der Waals surface area (Å²) in [5.41, 5.74) is 6.74. The highest BCUT2D eigenvalue weighted by Gasteiger charge is 1.73. The molecule has 5 heteroatoms. The van der Waals surface area contributed by atoms with Gasteiger partial charge in [-0.15, -0.1) is 0 Å². The van der Waals surface area contributed by atoms with Gasteiger partial charge >= 0.3 is 0 Å². The molecule has 0 fully saturated rings. The molecule has 0 heterocycles. The van der Waals surface area contributed by atoms with Crippen molar-refractivity contribution in [3.63, 3.8) is 0 Å². The molecule has 0 aromatic rings. The van der Waals surface area contributed by atoms with Crippen molar-refractivity contribution in [1.82, 2.24) is 5.43 Å². The number of methoxy groups -OCH3 is 1. The van der Waals surface area contributed by atoms with Gasteiger partial charge in [0.2, 0.25) is 5.91 Å². The van der Waals surface area contributed by atoms with Crippen LogP contribution in [0, 0.1) is 0 Å². The lowest BCUT2D eigenvalue weighted by Gasteiger charge is -1.80. The van der Waals surface area contributed by atoms with Crippen molar-refractivity contribution in [3.8, 4) is 0 Å². The van der Waals surface area contributed by atoms with Crippen molar-refractivity contribution < 1.29 is 9.53 Å². The van der Waals surface area contributed by atoms with Crippen molar-refractivity contribution >= 4 is 5.91 Å². The van der Waals surface area contributed by atoms with Gasteiger partial charge in [0, 0.05) is 21.1 Å². The zero-order valence-corrected chi connectivity index (χ0v) is 9.68. The van der Waals surface area contributed by atoms with Crippen LogP contribution in [0.15, 0.2) is 0 Å². The Balaban J connectivity index is -0.0000000182. The summed E-state index contributed by atoms with van der Waals surface area (Å²) in [5.74, 6) is 4.35. The van der Waals surface area contributed by atoms with Gasteiger partial charge < -0.3 is 10.5 Å². The first-order valence-electron chi connectivity index (χ1n) is 4.17. The number of carbonyl (C=O) groups excluding carboxylic acids is 1. The summed E-state index contributed by atoms with van der Waals surface area (Å²) in [6.07, 6.45) is 0. The molecule has 0 bridgehead atoms. The quantitative estimate of drug-likeness (QED) is 0.332. The standard InChI is InChI=1S/C2H6N2O.C2H7N.C2H6O.C2H6.2CH4/c1-2(5)4-3;1-2-3;1-3-2;1-2;;/h3H2,1H3,(H,4,5);2-3H2,1H3;1-2H3;1-2H3;2*1H4. The third-order valence-corrected chi connectivity index (χ3v) is 0.203. The second-order valence-corrected chi connectivity index (χ2v) is 1.52. The monoisotopic (exact) mass is 227 g/mol. The van der Waals surface area contributed by atoms with E-state index in [1.54, 1.807) is 14.2 Å². The van der Waals surface area contributed by atoms with E-state index in [1.165, 1.54) is 6.92 Å². The van der Waals surface area contributed by atoms with E-state index in [1.807, 2.05) is 26.2 Å². The summed E-state index contributed by atoms with van der Waals surface area (Å²) in [5, 5.41) is 0. The van der Waals surface area contributed by atoms with E-state index in [9.17, 15) is 4.79 Å². The summed E-state index contributed by atoms with van der Waals surface area (Å²) in [4.78, 5) is 9.58. The molecule has 0 aromatic heterocycles. The van der Waals surface area contributed by atoms with Gasteiger partial charge in [-0.25, -0.2) is 5.84 Å². The van der Waals surface area contributed by atoms with Crippen molar-refractivity contribution in [2.24, 2.45) is 11.6 Å². The Hall–Kier alpha value is -0.650. The molecular formula is C10H33N3O2. The number of hydrogen-bond acceptors (Lipinski definition) is 4. The van der Waals surface area contributed by atoms with Crippen LogP contribution in [0.1, 0.15) is 42.5 Å². The van der Waals surface area contributed by atoms with E-state index in [0.717, 1.165) is 6.54 Å². The summed E-state index contributed by atoms with van der Waals surface area (Å²) < 4.78 is 4.25. The third kappa shape index (κ3) is 944. The molecule has 100 valence electrons. The van der Waals surface area contributed by atoms with E-state index in [-0.39, 0.29) is 20.8 Å². The van der Waals surface area contributed by atoms with E-state index >= 15 is 0 Å². The molecule has 0 saturated carbocycles. The van der Waals surface area contributed by atoms with Gasteiger partial charge in [-0.2, -0.15) is 0 Å². The highest BCUT2D eigenvalue weighted by atomic mass is 16.4. The second-order valence-electron chi connectivity index (χ2n) is 1.52. The Bertz CT molecular complexity index is 69.7. The molecule has 0 aliphatic heterocycles. The Labute approximate surface area is 96.5 Å². The Morgan fingerprint density at radius 2 is 1.33 bits per heavy atom. The lowest BCUT2D eigenvalue weighted by atomic mass is 10.8. The molecule has 5 nitrogen and oxygen atoms in total. The van der Waals surface area contributed by atoms with Crippen LogP contribution in [0.4, 0.5) is 0 Å². The Morgan fingerprint density at radius 1 is 1.27 bits per heavy atom. The molecule has 15 heavy (non-hydrogen) atoms. The molecule has 0 aliphatic rings. The van der Waals surface area contributed by atoms with E-state index in [4.69, 9.17) is 5.73 Å². The lowest BCUT2D eigenvalue weighted by Crippen LogP contribution is -2.26. The molecule has 0 radical (unpaired) electrons. The van der Waals surface area contributed by atoms with Crippen LogP contribution in [-0.2, 0) is 9.53 Å². The van der Waals surface area contributed by atoms with Gasteiger partial charge in [-0.05, 0) is 6.54 Å². The van der Waals surface area contributed by atoms with Crippen molar-refractivity contribution in [2.45, 2.75) is 42.5 Å². The van der Waals surface area contributed by atoms with Gasteiger partial charge in [0.25, 0.3) is 0 Å². The first kappa shape index (κ1) is 36.7. The maximum atomic E-state index is 9.58. The Kier molecular flexibility index (Phi) is 174. The predicted molar refractivity (Wildman–Crippen MR) is 70.5 cm³/mol. The second kappa shape index (κ2) is 71.1. The number of hydrogen-bond donors (Lipinski definition) is 3. The minimum atomic E-state index is -0.218. The number of carbonyl (C=O) groups is 1. The highest BCUT2D eigenvalue weighted by molar-refractivity contribution is 5.71. The summed E-state index contributed by atoms with van der Waals surface area (Å²) in [7, 11) is 3.25. The minimum absolute atomic E-state index is 0. The fraction of sp³-hybridized carbons (Fsp3) is 0.900. The first-order valence-corrected chi connectivity index (χ1v) is 4.17. The third-order valence-electron chi connectivity index (χ3n) is 0.203. The number of rotatable bonds is 0. The average Bonchev–Trinajstić information content (AvgIpc) is 2.11. The van der Waals surface area contributed by atoms with Crippen LogP contribution in [0.3, 0.4) is 0 Å². The Morgan fingerprint density at radius 3 is 1.33 bits per heavy atom. The minimum Gasteiger partial charge on any atom is -0.388 e. The number of hydrazine groups is 1. The van der Waals surface area contributed by atoms with E-state index in [0.29, 0.717) is 0 Å². The number of nitrogens with one attached hydrogen (secondary N) is 1. The normalized spacial score (nSPS) is 5.07. The molecule has 0 saturated heterocycles. The van der Waals surface area contributed by atoms with E-state index < -0.39 is 0 Å². The molecule has 0 rings (SSSR count). The molecule has 0 unspecified atom stereocenters. The van der Waals surface area contributed by atoms with Crippen LogP contribution < -0.4 is 17.0 Å². The molecule has 1 amide bonds. The van der Waals surface area contributed by atoms with Gasteiger partial charge in [0.1, 0.15) is 0 Å².